The molecule has 1 heterocycles. The zero-order valence-electron chi connectivity index (χ0n) is 16.9. The molecule has 0 bridgehead atoms. The van der Waals surface area contributed by atoms with Gasteiger partial charge in [-0.2, -0.15) is 4.98 Å². The van der Waals surface area contributed by atoms with Crippen molar-refractivity contribution < 1.29 is 14.3 Å². The van der Waals surface area contributed by atoms with E-state index in [1.165, 1.54) is 7.11 Å². The number of carbonyl (C=O) groups excluding carboxylic acids is 1. The van der Waals surface area contributed by atoms with E-state index in [1.54, 1.807) is 18.2 Å². The summed E-state index contributed by atoms with van der Waals surface area (Å²) in [5.41, 5.74) is 2.83. The van der Waals surface area contributed by atoms with Crippen LogP contribution in [0.1, 0.15) is 29.9 Å². The van der Waals surface area contributed by atoms with Crippen molar-refractivity contribution in [2.45, 2.75) is 26.9 Å². The van der Waals surface area contributed by atoms with E-state index in [0.717, 1.165) is 17.1 Å². The van der Waals surface area contributed by atoms with Crippen molar-refractivity contribution in [1.29, 1.82) is 0 Å². The summed E-state index contributed by atoms with van der Waals surface area (Å²) in [6.45, 7) is 5.87. The van der Waals surface area contributed by atoms with Gasteiger partial charge in [-0.15, -0.1) is 0 Å². The molecule has 3 rings (SSSR count). The number of hydrogen-bond acceptors (Lipinski definition) is 7. The summed E-state index contributed by atoms with van der Waals surface area (Å²) < 4.78 is 10.4. The van der Waals surface area contributed by atoms with Gasteiger partial charge in [0, 0.05) is 23.1 Å². The largest absolute Gasteiger partial charge is 0.491 e. The van der Waals surface area contributed by atoms with Crippen molar-refractivity contribution in [2.75, 3.05) is 17.7 Å². The summed E-state index contributed by atoms with van der Waals surface area (Å²) in [6.07, 6.45) is 0.129. The Morgan fingerprint density at radius 3 is 2.41 bits per heavy atom. The molecule has 0 saturated carbocycles. The lowest BCUT2D eigenvalue weighted by Gasteiger charge is -2.12. The minimum absolute atomic E-state index is 0.129. The average molecular weight is 392 g/mol. The number of benzene rings is 2. The van der Waals surface area contributed by atoms with Crippen LogP contribution in [0.4, 0.5) is 23.1 Å². The second-order valence-corrected chi connectivity index (χ2v) is 6.73. The molecule has 0 atom stereocenters. The molecule has 150 valence electrons. The van der Waals surface area contributed by atoms with E-state index < -0.39 is 5.97 Å². The number of esters is 1. The Kier molecular flexibility index (Phi) is 6.29. The Bertz CT molecular complexity index is 988. The maximum atomic E-state index is 11.7. The predicted molar refractivity (Wildman–Crippen MR) is 113 cm³/mol. The van der Waals surface area contributed by atoms with Crippen molar-refractivity contribution in [3.63, 3.8) is 0 Å². The second kappa shape index (κ2) is 9.05. The monoisotopic (exact) mass is 392 g/mol. The first-order valence-electron chi connectivity index (χ1n) is 9.28. The standard InChI is InChI=1S/C22H24N4O3/c1-14(2)29-19-10-8-17(9-11-19)24-20-12-15(3)23-22(26-20)25-18-7-5-6-16(13-18)21(27)28-4/h5-14H,1-4H3,(H2,23,24,25,26). The van der Waals surface area contributed by atoms with E-state index in [4.69, 9.17) is 9.47 Å². The summed E-state index contributed by atoms with van der Waals surface area (Å²) in [6, 6.07) is 16.5. The highest BCUT2D eigenvalue weighted by molar-refractivity contribution is 5.90. The number of rotatable bonds is 7. The minimum atomic E-state index is -0.397. The Hall–Kier alpha value is -3.61. The van der Waals surface area contributed by atoms with Crippen LogP contribution in [-0.2, 0) is 4.74 Å². The first-order chi connectivity index (χ1) is 13.9. The number of ether oxygens (including phenoxy) is 2. The molecule has 0 amide bonds. The highest BCUT2D eigenvalue weighted by Gasteiger charge is 2.08. The number of methoxy groups -OCH3 is 1. The molecule has 2 aromatic carbocycles. The van der Waals surface area contributed by atoms with Crippen LogP contribution in [0.15, 0.2) is 54.6 Å². The molecular weight excluding hydrogens is 368 g/mol. The number of aromatic nitrogens is 2. The molecule has 0 unspecified atom stereocenters. The second-order valence-electron chi connectivity index (χ2n) is 6.73. The van der Waals surface area contributed by atoms with Crippen LogP contribution < -0.4 is 15.4 Å². The molecule has 0 aliphatic carbocycles. The van der Waals surface area contributed by atoms with Gasteiger partial charge >= 0.3 is 5.97 Å². The third-order valence-electron chi connectivity index (χ3n) is 3.89. The zero-order chi connectivity index (χ0) is 20.8. The fourth-order valence-electron chi connectivity index (χ4n) is 2.70. The molecule has 7 heteroatoms. The van der Waals surface area contributed by atoms with Gasteiger partial charge in [-0.3, -0.25) is 0 Å². The predicted octanol–water partition coefficient (Wildman–Crippen LogP) is 4.85. The summed E-state index contributed by atoms with van der Waals surface area (Å²) in [7, 11) is 1.35. The SMILES string of the molecule is COC(=O)c1cccc(Nc2nc(C)cc(Nc3ccc(OC(C)C)cc3)n2)c1. The number of aryl methyl sites for hydroxylation is 1. The van der Waals surface area contributed by atoms with Gasteiger partial charge in [-0.1, -0.05) is 6.07 Å². The summed E-state index contributed by atoms with van der Waals surface area (Å²) in [4.78, 5) is 20.6. The van der Waals surface area contributed by atoms with Crippen LogP contribution in [0.3, 0.4) is 0 Å². The lowest BCUT2D eigenvalue weighted by atomic mass is 10.2. The van der Waals surface area contributed by atoms with Crippen LogP contribution in [0.25, 0.3) is 0 Å². The molecular formula is C22H24N4O3. The Morgan fingerprint density at radius 2 is 1.72 bits per heavy atom. The lowest BCUT2D eigenvalue weighted by molar-refractivity contribution is 0.0601. The summed E-state index contributed by atoms with van der Waals surface area (Å²) >= 11 is 0. The molecule has 2 N–H and O–H groups in total. The van der Waals surface area contributed by atoms with Crippen molar-refractivity contribution >= 4 is 29.1 Å². The third kappa shape index (κ3) is 5.68. The highest BCUT2D eigenvalue weighted by atomic mass is 16.5. The summed E-state index contributed by atoms with van der Waals surface area (Å²) in [5, 5.41) is 6.40. The van der Waals surface area contributed by atoms with E-state index in [9.17, 15) is 4.79 Å². The molecule has 0 aliphatic heterocycles. The zero-order valence-corrected chi connectivity index (χ0v) is 16.9. The number of anilines is 4. The number of nitrogens with one attached hydrogen (secondary N) is 2. The number of hydrogen-bond donors (Lipinski definition) is 2. The Labute approximate surface area is 170 Å². The minimum Gasteiger partial charge on any atom is -0.491 e. The van der Waals surface area contributed by atoms with Gasteiger partial charge in [0.05, 0.1) is 18.8 Å². The maximum absolute atomic E-state index is 11.7. The third-order valence-corrected chi connectivity index (χ3v) is 3.89. The first kappa shape index (κ1) is 20.1. The maximum Gasteiger partial charge on any atom is 0.337 e. The number of carbonyl (C=O) groups is 1. The quantitative estimate of drug-likeness (QED) is 0.556. The van der Waals surface area contributed by atoms with Gasteiger partial charge in [0.15, 0.2) is 0 Å². The van der Waals surface area contributed by atoms with Crippen molar-refractivity contribution in [2.24, 2.45) is 0 Å². The topological polar surface area (TPSA) is 85.4 Å². The van der Waals surface area contributed by atoms with Crippen molar-refractivity contribution in [3.8, 4) is 5.75 Å². The van der Waals surface area contributed by atoms with E-state index in [0.29, 0.717) is 23.0 Å². The van der Waals surface area contributed by atoms with E-state index >= 15 is 0 Å². The first-order valence-corrected chi connectivity index (χ1v) is 9.28. The summed E-state index contributed by atoms with van der Waals surface area (Å²) in [5.74, 6) is 1.50. The van der Waals surface area contributed by atoms with Gasteiger partial charge < -0.3 is 20.1 Å². The van der Waals surface area contributed by atoms with Crippen LogP contribution >= 0.6 is 0 Å². The molecule has 3 aromatic rings. The lowest BCUT2D eigenvalue weighted by Crippen LogP contribution is -2.05. The van der Waals surface area contributed by atoms with Gasteiger partial charge in [0.1, 0.15) is 11.6 Å². The van der Waals surface area contributed by atoms with Gasteiger partial charge in [0.2, 0.25) is 5.95 Å². The fourth-order valence-corrected chi connectivity index (χ4v) is 2.70. The Balaban J connectivity index is 1.75. The molecule has 0 spiro atoms. The highest BCUT2D eigenvalue weighted by Crippen LogP contribution is 2.22. The normalized spacial score (nSPS) is 10.5. The molecule has 29 heavy (non-hydrogen) atoms. The molecule has 0 fully saturated rings. The molecule has 0 aliphatic rings. The molecule has 7 nitrogen and oxygen atoms in total. The van der Waals surface area contributed by atoms with Crippen LogP contribution in [-0.4, -0.2) is 29.2 Å². The molecule has 0 radical (unpaired) electrons. The smallest absolute Gasteiger partial charge is 0.337 e. The molecule has 1 aromatic heterocycles. The Morgan fingerprint density at radius 1 is 0.966 bits per heavy atom. The van der Waals surface area contributed by atoms with E-state index in [2.05, 4.69) is 20.6 Å². The van der Waals surface area contributed by atoms with Gasteiger partial charge in [0.25, 0.3) is 0 Å². The fraction of sp³-hybridized carbons (Fsp3) is 0.227. The molecule has 0 saturated heterocycles. The average Bonchev–Trinajstić information content (AvgIpc) is 2.68. The van der Waals surface area contributed by atoms with Gasteiger partial charge in [-0.25, -0.2) is 9.78 Å². The van der Waals surface area contributed by atoms with Crippen molar-refractivity contribution in [3.05, 3.63) is 65.9 Å². The van der Waals surface area contributed by atoms with E-state index in [1.807, 2.05) is 57.2 Å². The van der Waals surface area contributed by atoms with Crippen molar-refractivity contribution in [1.82, 2.24) is 9.97 Å². The van der Waals surface area contributed by atoms with Gasteiger partial charge in [-0.05, 0) is 63.2 Å². The van der Waals surface area contributed by atoms with E-state index in [-0.39, 0.29) is 6.10 Å². The van der Waals surface area contributed by atoms with Crippen LogP contribution in [0.5, 0.6) is 5.75 Å². The number of nitrogens with zero attached hydrogens (tertiary/aromatic N) is 2. The van der Waals surface area contributed by atoms with Crippen LogP contribution in [0.2, 0.25) is 0 Å². The van der Waals surface area contributed by atoms with Crippen LogP contribution in [0, 0.1) is 6.92 Å².